The SMILES string of the molecule is CC(OC(=O)c1ccc(Oc2ccccc2)cc1)C(=O)NCc1ccc2c(c1)OCO2. The fourth-order valence-corrected chi connectivity index (χ4v) is 2.95. The molecule has 1 atom stereocenters. The molecule has 1 heterocycles. The first-order valence-electron chi connectivity index (χ1n) is 9.79. The van der Waals surface area contributed by atoms with Gasteiger partial charge in [-0.15, -0.1) is 0 Å². The smallest absolute Gasteiger partial charge is 0.338 e. The van der Waals surface area contributed by atoms with Crippen molar-refractivity contribution in [1.29, 1.82) is 0 Å². The summed E-state index contributed by atoms with van der Waals surface area (Å²) in [5.74, 6) is 1.64. The zero-order chi connectivity index (χ0) is 21.6. The molecule has 1 N–H and O–H groups in total. The van der Waals surface area contributed by atoms with Gasteiger partial charge in [0, 0.05) is 6.54 Å². The van der Waals surface area contributed by atoms with Crippen LogP contribution in [0.25, 0.3) is 0 Å². The highest BCUT2D eigenvalue weighted by Gasteiger charge is 2.19. The Morgan fingerprint density at radius 2 is 1.65 bits per heavy atom. The van der Waals surface area contributed by atoms with E-state index in [0.717, 1.165) is 5.56 Å². The molecule has 3 aromatic carbocycles. The molecule has 158 valence electrons. The van der Waals surface area contributed by atoms with Crippen LogP contribution in [0.15, 0.2) is 72.8 Å². The molecule has 3 aromatic rings. The minimum Gasteiger partial charge on any atom is -0.457 e. The number of amides is 1. The van der Waals surface area contributed by atoms with Gasteiger partial charge in [-0.1, -0.05) is 24.3 Å². The lowest BCUT2D eigenvalue weighted by Crippen LogP contribution is -2.35. The van der Waals surface area contributed by atoms with Gasteiger partial charge in [0.15, 0.2) is 17.6 Å². The van der Waals surface area contributed by atoms with E-state index in [9.17, 15) is 9.59 Å². The molecule has 0 saturated carbocycles. The van der Waals surface area contributed by atoms with E-state index in [1.54, 1.807) is 36.4 Å². The first-order chi connectivity index (χ1) is 15.1. The van der Waals surface area contributed by atoms with Crippen LogP contribution >= 0.6 is 0 Å². The number of nitrogens with one attached hydrogen (secondary N) is 1. The number of carbonyl (C=O) groups excluding carboxylic acids is 2. The number of hydrogen-bond donors (Lipinski definition) is 1. The van der Waals surface area contributed by atoms with Crippen LogP contribution in [-0.2, 0) is 16.1 Å². The summed E-state index contributed by atoms with van der Waals surface area (Å²) in [7, 11) is 0. The van der Waals surface area contributed by atoms with Crippen molar-refractivity contribution in [3.05, 3.63) is 83.9 Å². The van der Waals surface area contributed by atoms with E-state index in [1.165, 1.54) is 6.92 Å². The Hall–Kier alpha value is -4.00. The molecule has 0 spiro atoms. The van der Waals surface area contributed by atoms with Crippen LogP contribution in [0.2, 0.25) is 0 Å². The van der Waals surface area contributed by atoms with Gasteiger partial charge in [0.2, 0.25) is 6.79 Å². The average Bonchev–Trinajstić information content (AvgIpc) is 3.26. The third-order valence-corrected chi connectivity index (χ3v) is 4.63. The molecule has 1 unspecified atom stereocenters. The summed E-state index contributed by atoms with van der Waals surface area (Å²) >= 11 is 0. The summed E-state index contributed by atoms with van der Waals surface area (Å²) in [5, 5.41) is 2.75. The molecular weight excluding hydrogens is 398 g/mol. The van der Waals surface area contributed by atoms with Crippen molar-refractivity contribution in [3.63, 3.8) is 0 Å². The van der Waals surface area contributed by atoms with Crippen LogP contribution < -0.4 is 19.5 Å². The van der Waals surface area contributed by atoms with Gasteiger partial charge in [-0.05, 0) is 61.0 Å². The second-order valence-electron chi connectivity index (χ2n) is 6.89. The molecule has 0 bridgehead atoms. The quantitative estimate of drug-likeness (QED) is 0.582. The number of rotatable bonds is 7. The van der Waals surface area contributed by atoms with Crippen LogP contribution in [0.1, 0.15) is 22.8 Å². The van der Waals surface area contributed by atoms with E-state index in [-0.39, 0.29) is 13.3 Å². The summed E-state index contributed by atoms with van der Waals surface area (Å²) < 4.78 is 21.6. The van der Waals surface area contributed by atoms with Gasteiger partial charge in [-0.3, -0.25) is 4.79 Å². The van der Waals surface area contributed by atoms with E-state index in [4.69, 9.17) is 18.9 Å². The Morgan fingerprint density at radius 1 is 0.935 bits per heavy atom. The molecule has 0 saturated heterocycles. The maximum absolute atomic E-state index is 12.4. The fraction of sp³-hybridized carbons (Fsp3) is 0.167. The van der Waals surface area contributed by atoms with Crippen molar-refractivity contribution in [1.82, 2.24) is 5.32 Å². The zero-order valence-corrected chi connectivity index (χ0v) is 16.9. The van der Waals surface area contributed by atoms with Gasteiger partial charge in [0.05, 0.1) is 5.56 Å². The van der Waals surface area contributed by atoms with Crippen LogP contribution in [0.5, 0.6) is 23.0 Å². The number of esters is 1. The predicted molar refractivity (Wildman–Crippen MR) is 112 cm³/mol. The molecule has 1 aliphatic heterocycles. The molecule has 0 fully saturated rings. The number of para-hydroxylation sites is 1. The number of benzene rings is 3. The maximum atomic E-state index is 12.4. The highest BCUT2D eigenvalue weighted by molar-refractivity contribution is 5.92. The van der Waals surface area contributed by atoms with Gasteiger partial charge in [-0.25, -0.2) is 4.79 Å². The first-order valence-corrected chi connectivity index (χ1v) is 9.79. The summed E-state index contributed by atoms with van der Waals surface area (Å²) in [6, 6.07) is 21.3. The standard InChI is InChI=1S/C24H21NO6/c1-16(23(26)25-14-17-7-12-21-22(13-17)29-15-28-21)30-24(27)18-8-10-20(11-9-18)31-19-5-3-2-4-6-19/h2-13,16H,14-15H2,1H3,(H,25,26). The molecular formula is C24H21NO6. The Balaban J connectivity index is 1.28. The molecule has 0 aromatic heterocycles. The average molecular weight is 419 g/mol. The molecule has 0 aliphatic carbocycles. The highest BCUT2D eigenvalue weighted by Crippen LogP contribution is 2.32. The van der Waals surface area contributed by atoms with Crippen molar-refractivity contribution in [3.8, 4) is 23.0 Å². The largest absolute Gasteiger partial charge is 0.457 e. The predicted octanol–water partition coefficient (Wildman–Crippen LogP) is 4.07. The van der Waals surface area contributed by atoms with Crippen molar-refractivity contribution in [2.45, 2.75) is 19.6 Å². The Labute approximate surface area is 179 Å². The Kier molecular flexibility index (Phi) is 6.03. The Morgan fingerprint density at radius 3 is 2.42 bits per heavy atom. The summed E-state index contributed by atoms with van der Waals surface area (Å²) in [6.45, 7) is 2.00. The lowest BCUT2D eigenvalue weighted by molar-refractivity contribution is -0.129. The van der Waals surface area contributed by atoms with Crippen LogP contribution in [0.3, 0.4) is 0 Å². The zero-order valence-electron chi connectivity index (χ0n) is 16.9. The third kappa shape index (κ3) is 5.14. The molecule has 1 aliphatic rings. The van der Waals surface area contributed by atoms with Gasteiger partial charge >= 0.3 is 5.97 Å². The Bertz CT molecular complexity index is 1070. The number of hydrogen-bond acceptors (Lipinski definition) is 6. The minimum absolute atomic E-state index is 0.192. The lowest BCUT2D eigenvalue weighted by Gasteiger charge is -2.14. The second-order valence-corrected chi connectivity index (χ2v) is 6.89. The molecule has 0 radical (unpaired) electrons. The first kappa shape index (κ1) is 20.3. The lowest BCUT2D eigenvalue weighted by atomic mass is 10.2. The maximum Gasteiger partial charge on any atom is 0.338 e. The van der Waals surface area contributed by atoms with Gasteiger partial charge in [-0.2, -0.15) is 0 Å². The van der Waals surface area contributed by atoms with Crippen LogP contribution in [-0.4, -0.2) is 24.8 Å². The molecule has 7 nitrogen and oxygen atoms in total. The molecule has 4 rings (SSSR count). The monoisotopic (exact) mass is 419 g/mol. The number of fused-ring (bicyclic) bond motifs is 1. The summed E-state index contributed by atoms with van der Waals surface area (Å²) in [5.41, 5.74) is 1.18. The summed E-state index contributed by atoms with van der Waals surface area (Å²) in [6.07, 6.45) is -0.943. The van der Waals surface area contributed by atoms with Crippen molar-refractivity contribution >= 4 is 11.9 Å². The van der Waals surface area contributed by atoms with Crippen molar-refractivity contribution in [2.24, 2.45) is 0 Å². The minimum atomic E-state index is -0.943. The van der Waals surface area contributed by atoms with Gasteiger partial charge in [0.25, 0.3) is 5.91 Å². The number of ether oxygens (including phenoxy) is 4. The van der Waals surface area contributed by atoms with Gasteiger partial charge < -0.3 is 24.3 Å². The van der Waals surface area contributed by atoms with E-state index in [0.29, 0.717) is 28.6 Å². The second kappa shape index (κ2) is 9.21. The van der Waals surface area contributed by atoms with E-state index >= 15 is 0 Å². The van der Waals surface area contributed by atoms with E-state index in [2.05, 4.69) is 5.32 Å². The number of carbonyl (C=O) groups is 2. The summed E-state index contributed by atoms with van der Waals surface area (Å²) in [4.78, 5) is 24.7. The van der Waals surface area contributed by atoms with E-state index < -0.39 is 18.0 Å². The third-order valence-electron chi connectivity index (χ3n) is 4.63. The topological polar surface area (TPSA) is 83.1 Å². The van der Waals surface area contributed by atoms with Crippen molar-refractivity contribution in [2.75, 3.05) is 6.79 Å². The molecule has 31 heavy (non-hydrogen) atoms. The normalized spacial score (nSPS) is 12.7. The van der Waals surface area contributed by atoms with Crippen molar-refractivity contribution < 1.29 is 28.5 Å². The molecule has 1 amide bonds. The van der Waals surface area contributed by atoms with E-state index in [1.807, 2.05) is 36.4 Å². The molecule has 7 heteroatoms. The van der Waals surface area contributed by atoms with Crippen LogP contribution in [0.4, 0.5) is 0 Å². The van der Waals surface area contributed by atoms with Gasteiger partial charge in [0.1, 0.15) is 11.5 Å². The fourth-order valence-electron chi connectivity index (χ4n) is 2.95. The highest BCUT2D eigenvalue weighted by atomic mass is 16.7. The van der Waals surface area contributed by atoms with Crippen LogP contribution in [0, 0.1) is 0 Å².